The summed E-state index contributed by atoms with van der Waals surface area (Å²) in [5.41, 5.74) is 3.02. The molecule has 0 aromatic carbocycles. The second kappa shape index (κ2) is 3.47. The van der Waals surface area contributed by atoms with Gasteiger partial charge in [0.2, 0.25) is 0 Å². The largest absolute Gasteiger partial charge is 0.0803 e. The van der Waals surface area contributed by atoms with Crippen molar-refractivity contribution in [3.05, 3.63) is 23.3 Å². The lowest BCUT2D eigenvalue weighted by molar-refractivity contribution is 0.365. The minimum absolute atomic E-state index is 0.731. The van der Waals surface area contributed by atoms with Crippen LogP contribution in [0.5, 0.6) is 0 Å². The van der Waals surface area contributed by atoms with Crippen LogP contribution in [0.3, 0.4) is 0 Å². The number of rotatable bonds is 1. The van der Waals surface area contributed by atoms with Crippen LogP contribution in [0.1, 0.15) is 34.6 Å². The van der Waals surface area contributed by atoms with Crippen molar-refractivity contribution in [2.24, 2.45) is 17.8 Å². The van der Waals surface area contributed by atoms with Crippen LogP contribution >= 0.6 is 0 Å². The van der Waals surface area contributed by atoms with E-state index in [4.69, 9.17) is 0 Å². The zero-order chi connectivity index (χ0) is 9.30. The van der Waals surface area contributed by atoms with E-state index in [0.29, 0.717) is 0 Å². The van der Waals surface area contributed by atoms with E-state index in [1.165, 1.54) is 5.57 Å². The van der Waals surface area contributed by atoms with Gasteiger partial charge in [0, 0.05) is 0 Å². The third-order valence-electron chi connectivity index (χ3n) is 3.22. The predicted octanol–water partition coefficient (Wildman–Crippen LogP) is 3.80. The molecule has 12 heavy (non-hydrogen) atoms. The summed E-state index contributed by atoms with van der Waals surface area (Å²) in [5, 5.41) is 0. The van der Waals surface area contributed by atoms with Crippen LogP contribution in [0.2, 0.25) is 0 Å². The standard InChI is InChI=1S/C12H20/c1-8(2)12-7-6-9(3)10(4)11(12)5/h6-8,11-12H,1-5H3. The molecule has 0 N–H and O–H groups in total. The van der Waals surface area contributed by atoms with Crippen molar-refractivity contribution < 1.29 is 0 Å². The molecule has 0 radical (unpaired) electrons. The maximum atomic E-state index is 2.37. The fourth-order valence-electron chi connectivity index (χ4n) is 2.00. The smallest absolute Gasteiger partial charge is 0.0144 e. The van der Waals surface area contributed by atoms with Crippen molar-refractivity contribution in [2.45, 2.75) is 34.6 Å². The molecular formula is C12H20. The Bertz CT molecular complexity index is 218. The summed E-state index contributed by atoms with van der Waals surface area (Å²) in [6.07, 6.45) is 4.65. The molecule has 0 heterocycles. The first kappa shape index (κ1) is 9.57. The van der Waals surface area contributed by atoms with Gasteiger partial charge in [-0.2, -0.15) is 0 Å². The van der Waals surface area contributed by atoms with Gasteiger partial charge in [-0.25, -0.2) is 0 Å². The van der Waals surface area contributed by atoms with Crippen molar-refractivity contribution in [2.75, 3.05) is 0 Å². The van der Waals surface area contributed by atoms with Crippen LogP contribution in [0.4, 0.5) is 0 Å². The first-order valence-corrected chi connectivity index (χ1v) is 4.89. The molecule has 0 nitrogen and oxygen atoms in total. The van der Waals surface area contributed by atoms with Crippen molar-refractivity contribution in [1.82, 2.24) is 0 Å². The lowest BCUT2D eigenvalue weighted by Crippen LogP contribution is -2.19. The molecule has 0 amide bonds. The molecular weight excluding hydrogens is 144 g/mol. The summed E-state index contributed by atoms with van der Waals surface area (Å²) < 4.78 is 0. The molecule has 0 saturated carbocycles. The lowest BCUT2D eigenvalue weighted by atomic mass is 9.76. The molecule has 1 aliphatic carbocycles. The van der Waals surface area contributed by atoms with E-state index in [1.807, 2.05) is 0 Å². The minimum atomic E-state index is 0.731. The van der Waals surface area contributed by atoms with E-state index in [2.05, 4.69) is 46.8 Å². The summed E-state index contributed by atoms with van der Waals surface area (Å²) in [7, 11) is 0. The van der Waals surface area contributed by atoms with Gasteiger partial charge in [-0.15, -0.1) is 0 Å². The van der Waals surface area contributed by atoms with Crippen molar-refractivity contribution in [3.63, 3.8) is 0 Å². The SMILES string of the molecule is CC1=C(C)C(C)C(C(C)C)C=C1. The monoisotopic (exact) mass is 164 g/mol. The Kier molecular flexibility index (Phi) is 2.76. The minimum Gasteiger partial charge on any atom is -0.0803 e. The molecule has 2 unspecified atom stereocenters. The molecule has 0 saturated heterocycles. The zero-order valence-electron chi connectivity index (χ0n) is 8.89. The quantitative estimate of drug-likeness (QED) is 0.553. The highest BCUT2D eigenvalue weighted by molar-refractivity contribution is 5.29. The average molecular weight is 164 g/mol. The van der Waals surface area contributed by atoms with Gasteiger partial charge in [0.1, 0.15) is 0 Å². The lowest BCUT2D eigenvalue weighted by Gasteiger charge is -2.29. The van der Waals surface area contributed by atoms with E-state index in [1.54, 1.807) is 5.57 Å². The normalized spacial score (nSPS) is 30.2. The molecule has 1 aliphatic rings. The van der Waals surface area contributed by atoms with Gasteiger partial charge in [0.05, 0.1) is 0 Å². The highest BCUT2D eigenvalue weighted by Crippen LogP contribution is 2.33. The first-order chi connectivity index (χ1) is 5.54. The number of hydrogen-bond acceptors (Lipinski definition) is 0. The summed E-state index contributed by atoms with van der Waals surface area (Å²) >= 11 is 0. The number of allylic oxidation sites excluding steroid dienone is 4. The van der Waals surface area contributed by atoms with Gasteiger partial charge in [-0.05, 0) is 31.6 Å². The molecule has 0 spiro atoms. The molecule has 0 heteroatoms. The highest BCUT2D eigenvalue weighted by Gasteiger charge is 2.22. The molecule has 68 valence electrons. The summed E-state index contributed by atoms with van der Waals surface area (Å²) in [6, 6.07) is 0. The summed E-state index contributed by atoms with van der Waals surface area (Å²) in [6.45, 7) is 11.4. The van der Waals surface area contributed by atoms with Crippen molar-refractivity contribution in [1.29, 1.82) is 0 Å². The topological polar surface area (TPSA) is 0 Å². The van der Waals surface area contributed by atoms with Gasteiger partial charge >= 0.3 is 0 Å². The fourth-order valence-corrected chi connectivity index (χ4v) is 2.00. The van der Waals surface area contributed by atoms with Crippen molar-refractivity contribution >= 4 is 0 Å². The van der Waals surface area contributed by atoms with Gasteiger partial charge in [-0.3, -0.25) is 0 Å². The van der Waals surface area contributed by atoms with Gasteiger partial charge in [0.25, 0.3) is 0 Å². The van der Waals surface area contributed by atoms with Crippen LogP contribution in [0.15, 0.2) is 23.3 Å². The highest BCUT2D eigenvalue weighted by atomic mass is 14.3. The molecule has 0 aromatic rings. The Balaban J connectivity index is 2.85. The Labute approximate surface area is 76.4 Å². The van der Waals surface area contributed by atoms with E-state index in [9.17, 15) is 0 Å². The van der Waals surface area contributed by atoms with E-state index >= 15 is 0 Å². The second-order valence-corrected chi connectivity index (χ2v) is 4.34. The average Bonchev–Trinajstić information content (AvgIpc) is 2.00. The Morgan fingerprint density at radius 1 is 1.25 bits per heavy atom. The van der Waals surface area contributed by atoms with Crippen LogP contribution in [0.25, 0.3) is 0 Å². The first-order valence-electron chi connectivity index (χ1n) is 4.89. The molecule has 2 atom stereocenters. The molecule has 0 aromatic heterocycles. The van der Waals surface area contributed by atoms with Crippen molar-refractivity contribution in [3.8, 4) is 0 Å². The Morgan fingerprint density at radius 3 is 2.33 bits per heavy atom. The molecule has 0 bridgehead atoms. The molecule has 0 aliphatic heterocycles. The molecule has 1 rings (SSSR count). The van der Waals surface area contributed by atoms with Crippen LogP contribution < -0.4 is 0 Å². The van der Waals surface area contributed by atoms with E-state index < -0.39 is 0 Å². The summed E-state index contributed by atoms with van der Waals surface area (Å²) in [4.78, 5) is 0. The maximum absolute atomic E-state index is 2.37. The van der Waals surface area contributed by atoms with Gasteiger partial charge in [0.15, 0.2) is 0 Å². The van der Waals surface area contributed by atoms with Gasteiger partial charge in [-0.1, -0.05) is 44.1 Å². The number of hydrogen-bond donors (Lipinski definition) is 0. The maximum Gasteiger partial charge on any atom is -0.0144 e. The third-order valence-corrected chi connectivity index (χ3v) is 3.22. The van der Waals surface area contributed by atoms with E-state index in [0.717, 1.165) is 17.8 Å². The Hall–Kier alpha value is -0.520. The molecule has 0 fully saturated rings. The van der Waals surface area contributed by atoms with Gasteiger partial charge < -0.3 is 0 Å². The van der Waals surface area contributed by atoms with Crippen LogP contribution in [0, 0.1) is 17.8 Å². The second-order valence-electron chi connectivity index (χ2n) is 4.34. The van der Waals surface area contributed by atoms with Crippen LogP contribution in [-0.4, -0.2) is 0 Å². The van der Waals surface area contributed by atoms with E-state index in [-0.39, 0.29) is 0 Å². The van der Waals surface area contributed by atoms with Crippen LogP contribution in [-0.2, 0) is 0 Å². The predicted molar refractivity (Wildman–Crippen MR) is 55.0 cm³/mol. The fraction of sp³-hybridized carbons (Fsp3) is 0.667. The Morgan fingerprint density at radius 2 is 1.83 bits per heavy atom. The third kappa shape index (κ3) is 1.63. The zero-order valence-corrected chi connectivity index (χ0v) is 8.89. The summed E-state index contributed by atoms with van der Waals surface area (Å²) in [5.74, 6) is 2.24.